The van der Waals surface area contributed by atoms with Gasteiger partial charge >= 0.3 is 0 Å². The lowest BCUT2D eigenvalue weighted by Crippen LogP contribution is -2.48. The van der Waals surface area contributed by atoms with Crippen LogP contribution in [0.15, 0.2) is 0 Å². The molecule has 1 atom stereocenters. The third kappa shape index (κ3) is 3.47. The predicted octanol–water partition coefficient (Wildman–Crippen LogP) is 0.182. The second-order valence-electron chi connectivity index (χ2n) is 4.51. The standard InChI is InChI=1S/C11H23N3O/c1-9(2)10-11(15)13-6-4-8-14(10)7-3-5-12/h9-10H,3-8,12H2,1-2H3,(H,13,15). The van der Waals surface area contributed by atoms with Crippen molar-refractivity contribution in [3.05, 3.63) is 0 Å². The van der Waals surface area contributed by atoms with Gasteiger partial charge in [0.05, 0.1) is 6.04 Å². The normalized spacial score (nSPS) is 24.0. The first-order valence-corrected chi connectivity index (χ1v) is 5.88. The fourth-order valence-electron chi connectivity index (χ4n) is 2.17. The highest BCUT2D eigenvalue weighted by Gasteiger charge is 2.29. The maximum Gasteiger partial charge on any atom is 0.237 e. The highest BCUT2D eigenvalue weighted by Crippen LogP contribution is 2.14. The second-order valence-corrected chi connectivity index (χ2v) is 4.51. The van der Waals surface area contributed by atoms with Gasteiger partial charge in [0.1, 0.15) is 0 Å². The molecule has 1 aliphatic rings. The van der Waals surface area contributed by atoms with Crippen LogP contribution >= 0.6 is 0 Å². The van der Waals surface area contributed by atoms with Gasteiger partial charge in [-0.25, -0.2) is 0 Å². The number of amides is 1. The van der Waals surface area contributed by atoms with Gasteiger partial charge in [-0.1, -0.05) is 13.8 Å². The Kier molecular flexibility index (Phi) is 5.05. The van der Waals surface area contributed by atoms with Crippen LogP contribution in [-0.4, -0.2) is 43.0 Å². The number of nitrogens with one attached hydrogen (secondary N) is 1. The summed E-state index contributed by atoms with van der Waals surface area (Å²) in [5, 5.41) is 2.97. The number of carbonyl (C=O) groups is 1. The quantitative estimate of drug-likeness (QED) is 0.700. The molecule has 15 heavy (non-hydrogen) atoms. The van der Waals surface area contributed by atoms with Gasteiger partial charge in [0.2, 0.25) is 5.91 Å². The van der Waals surface area contributed by atoms with Gasteiger partial charge in [-0.15, -0.1) is 0 Å². The number of hydrogen-bond donors (Lipinski definition) is 2. The first kappa shape index (κ1) is 12.5. The first-order chi connectivity index (χ1) is 7.16. The summed E-state index contributed by atoms with van der Waals surface area (Å²) in [5.74, 6) is 0.542. The minimum atomic E-state index is 0.0269. The lowest BCUT2D eigenvalue weighted by molar-refractivity contribution is -0.127. The average molecular weight is 213 g/mol. The van der Waals surface area contributed by atoms with Crippen molar-refractivity contribution in [2.24, 2.45) is 11.7 Å². The third-order valence-corrected chi connectivity index (χ3v) is 2.86. The Labute approximate surface area is 92.2 Å². The van der Waals surface area contributed by atoms with Crippen LogP contribution in [0, 0.1) is 5.92 Å². The summed E-state index contributed by atoms with van der Waals surface area (Å²) >= 11 is 0. The summed E-state index contributed by atoms with van der Waals surface area (Å²) in [6.45, 7) is 7.65. The SMILES string of the molecule is CC(C)C1C(=O)NCCCN1CCCN. The van der Waals surface area contributed by atoms with Crippen LogP contribution in [0.2, 0.25) is 0 Å². The van der Waals surface area contributed by atoms with Gasteiger partial charge in [0.25, 0.3) is 0 Å². The van der Waals surface area contributed by atoms with E-state index in [2.05, 4.69) is 24.1 Å². The summed E-state index contributed by atoms with van der Waals surface area (Å²) in [4.78, 5) is 14.1. The van der Waals surface area contributed by atoms with Gasteiger partial charge in [0, 0.05) is 19.6 Å². The second kappa shape index (κ2) is 6.08. The van der Waals surface area contributed by atoms with Crippen molar-refractivity contribution in [3.63, 3.8) is 0 Å². The minimum Gasteiger partial charge on any atom is -0.355 e. The maximum atomic E-state index is 11.8. The number of rotatable bonds is 4. The Balaban J connectivity index is 2.64. The van der Waals surface area contributed by atoms with E-state index in [1.165, 1.54) is 0 Å². The number of nitrogens with two attached hydrogens (primary N) is 1. The maximum absolute atomic E-state index is 11.8. The van der Waals surface area contributed by atoms with Crippen LogP contribution in [0.4, 0.5) is 0 Å². The molecule has 1 unspecified atom stereocenters. The minimum absolute atomic E-state index is 0.0269. The fraction of sp³-hybridized carbons (Fsp3) is 0.909. The number of carbonyl (C=O) groups excluding carboxylic acids is 1. The van der Waals surface area contributed by atoms with Crippen LogP contribution < -0.4 is 11.1 Å². The molecule has 0 aromatic heterocycles. The van der Waals surface area contributed by atoms with Gasteiger partial charge in [-0.05, 0) is 25.3 Å². The fourth-order valence-corrected chi connectivity index (χ4v) is 2.17. The molecule has 0 spiro atoms. The van der Waals surface area contributed by atoms with Gasteiger partial charge in [0.15, 0.2) is 0 Å². The molecule has 0 aromatic carbocycles. The van der Waals surface area contributed by atoms with Crippen molar-refractivity contribution in [2.45, 2.75) is 32.7 Å². The molecule has 88 valence electrons. The zero-order valence-corrected chi connectivity index (χ0v) is 9.83. The van der Waals surface area contributed by atoms with Crippen molar-refractivity contribution in [3.8, 4) is 0 Å². The molecule has 4 heteroatoms. The molecule has 1 rings (SSSR count). The topological polar surface area (TPSA) is 58.4 Å². The van der Waals surface area contributed by atoms with Crippen LogP contribution in [-0.2, 0) is 4.79 Å². The Bertz CT molecular complexity index is 206. The summed E-state index contributed by atoms with van der Waals surface area (Å²) in [6, 6.07) is 0.0269. The van der Waals surface area contributed by atoms with Crippen molar-refractivity contribution < 1.29 is 4.79 Å². The molecule has 1 amide bonds. The van der Waals surface area contributed by atoms with E-state index >= 15 is 0 Å². The first-order valence-electron chi connectivity index (χ1n) is 5.88. The molecule has 0 bridgehead atoms. The third-order valence-electron chi connectivity index (χ3n) is 2.86. The molecule has 1 heterocycles. The van der Waals surface area contributed by atoms with Crippen molar-refractivity contribution >= 4 is 5.91 Å². The Morgan fingerprint density at radius 2 is 2.33 bits per heavy atom. The summed E-state index contributed by atoms with van der Waals surface area (Å²) < 4.78 is 0. The molecular weight excluding hydrogens is 190 g/mol. The van der Waals surface area contributed by atoms with E-state index in [-0.39, 0.29) is 11.9 Å². The lowest BCUT2D eigenvalue weighted by atomic mass is 10.0. The van der Waals surface area contributed by atoms with Crippen molar-refractivity contribution in [1.29, 1.82) is 0 Å². The van der Waals surface area contributed by atoms with Crippen LogP contribution in [0.5, 0.6) is 0 Å². The highest BCUT2D eigenvalue weighted by molar-refractivity contribution is 5.82. The van der Waals surface area contributed by atoms with Crippen LogP contribution in [0.1, 0.15) is 26.7 Å². The molecule has 0 radical (unpaired) electrons. The van der Waals surface area contributed by atoms with E-state index in [4.69, 9.17) is 5.73 Å². The molecule has 0 aromatic rings. The van der Waals surface area contributed by atoms with E-state index < -0.39 is 0 Å². The van der Waals surface area contributed by atoms with Gasteiger partial charge < -0.3 is 11.1 Å². The van der Waals surface area contributed by atoms with Crippen LogP contribution in [0.3, 0.4) is 0 Å². The van der Waals surface area contributed by atoms with E-state index in [1.807, 2.05) is 0 Å². The van der Waals surface area contributed by atoms with Gasteiger partial charge in [-0.2, -0.15) is 0 Å². The van der Waals surface area contributed by atoms with E-state index in [9.17, 15) is 4.79 Å². The molecule has 3 N–H and O–H groups in total. The Hall–Kier alpha value is -0.610. The molecular formula is C11H23N3O. The smallest absolute Gasteiger partial charge is 0.237 e. The summed E-state index contributed by atoms with van der Waals surface area (Å²) in [7, 11) is 0. The molecule has 0 saturated carbocycles. The van der Waals surface area contributed by atoms with Crippen molar-refractivity contribution in [2.75, 3.05) is 26.2 Å². The monoisotopic (exact) mass is 213 g/mol. The molecule has 0 aliphatic carbocycles. The molecule has 1 saturated heterocycles. The van der Waals surface area contributed by atoms with E-state index in [0.29, 0.717) is 12.5 Å². The highest BCUT2D eigenvalue weighted by atomic mass is 16.2. The Morgan fingerprint density at radius 3 is 2.93 bits per heavy atom. The number of hydrogen-bond acceptors (Lipinski definition) is 3. The van der Waals surface area contributed by atoms with Crippen molar-refractivity contribution in [1.82, 2.24) is 10.2 Å². The zero-order chi connectivity index (χ0) is 11.3. The summed E-state index contributed by atoms with van der Waals surface area (Å²) in [5.41, 5.74) is 5.51. The van der Waals surface area contributed by atoms with Crippen LogP contribution in [0.25, 0.3) is 0 Å². The summed E-state index contributed by atoms with van der Waals surface area (Å²) in [6.07, 6.45) is 2.01. The zero-order valence-electron chi connectivity index (χ0n) is 9.83. The average Bonchev–Trinajstić information content (AvgIpc) is 2.36. The molecule has 4 nitrogen and oxygen atoms in total. The predicted molar refractivity (Wildman–Crippen MR) is 61.5 cm³/mol. The molecule has 1 fully saturated rings. The van der Waals surface area contributed by atoms with Gasteiger partial charge in [-0.3, -0.25) is 9.69 Å². The lowest BCUT2D eigenvalue weighted by Gasteiger charge is -2.30. The molecule has 1 aliphatic heterocycles. The van der Waals surface area contributed by atoms with E-state index in [0.717, 1.165) is 32.5 Å². The number of nitrogens with zero attached hydrogens (tertiary/aromatic N) is 1. The van der Waals surface area contributed by atoms with E-state index in [1.54, 1.807) is 0 Å². The Morgan fingerprint density at radius 1 is 1.60 bits per heavy atom. The largest absolute Gasteiger partial charge is 0.355 e.